The van der Waals surface area contributed by atoms with E-state index in [0.717, 1.165) is 53.8 Å². The molecule has 1 amide bonds. The molecule has 2 N–H and O–H groups in total. The number of nitrogens with one attached hydrogen (secondary N) is 2. The normalized spacial score (nSPS) is 19.1. The maximum atomic E-state index is 13.8. The Morgan fingerprint density at radius 2 is 1.71 bits per heavy atom. The number of piperidine rings is 1. The van der Waals surface area contributed by atoms with Crippen LogP contribution in [0, 0.1) is 0 Å². The lowest BCUT2D eigenvalue weighted by atomic mass is 9.83. The van der Waals surface area contributed by atoms with Crippen molar-refractivity contribution in [2.24, 2.45) is 0 Å². The highest BCUT2D eigenvalue weighted by molar-refractivity contribution is 6.07. The molecule has 3 aliphatic rings. The molecule has 224 valence electrons. The second-order valence-electron chi connectivity index (χ2n) is 13.9. The summed E-state index contributed by atoms with van der Waals surface area (Å²) >= 11 is 0. The number of amides is 1. The van der Waals surface area contributed by atoms with Crippen molar-refractivity contribution in [1.29, 1.82) is 0 Å². The van der Waals surface area contributed by atoms with Gasteiger partial charge in [-0.05, 0) is 107 Å². The predicted octanol–water partition coefficient (Wildman–Crippen LogP) is 7.13. The Kier molecular flexibility index (Phi) is 7.92. The quantitative estimate of drug-likeness (QED) is 0.330. The first-order valence-corrected chi connectivity index (χ1v) is 15.9. The summed E-state index contributed by atoms with van der Waals surface area (Å²) in [5.41, 5.74) is 5.76. The van der Waals surface area contributed by atoms with Crippen LogP contribution in [0.25, 0.3) is 22.2 Å². The molecule has 6 rings (SSSR count). The van der Waals surface area contributed by atoms with Gasteiger partial charge in [0.2, 0.25) is 0 Å². The van der Waals surface area contributed by atoms with Gasteiger partial charge in [-0.3, -0.25) is 9.69 Å². The molecule has 0 unspecified atom stereocenters. The summed E-state index contributed by atoms with van der Waals surface area (Å²) in [6.07, 6.45) is 9.56. The van der Waals surface area contributed by atoms with Crippen LogP contribution in [0.1, 0.15) is 106 Å². The van der Waals surface area contributed by atoms with Crippen molar-refractivity contribution in [3.8, 4) is 11.3 Å². The SMILES string of the molecule is CC1(NCc2cc3c(c(-c4cc5cc(CN6CCCCC6)ccc5n4C(=O)OC(C)(C)C)c2)C(=O)NC3)CCCCC1. The van der Waals surface area contributed by atoms with Crippen molar-refractivity contribution in [2.45, 2.75) is 110 Å². The number of nitrogens with zero attached hydrogens (tertiary/aromatic N) is 2. The van der Waals surface area contributed by atoms with Crippen molar-refractivity contribution >= 4 is 22.9 Å². The molecule has 1 saturated heterocycles. The number of fused-ring (bicyclic) bond motifs is 2. The van der Waals surface area contributed by atoms with Gasteiger partial charge in [-0.25, -0.2) is 9.36 Å². The monoisotopic (exact) mass is 570 g/mol. The van der Waals surface area contributed by atoms with Crippen LogP contribution in [0.15, 0.2) is 36.4 Å². The summed E-state index contributed by atoms with van der Waals surface area (Å²) in [4.78, 5) is 29.5. The van der Waals surface area contributed by atoms with Crippen LogP contribution in [0.4, 0.5) is 4.79 Å². The maximum absolute atomic E-state index is 13.8. The van der Waals surface area contributed by atoms with E-state index >= 15 is 0 Å². The summed E-state index contributed by atoms with van der Waals surface area (Å²) in [5, 5.41) is 7.83. The Hall–Kier alpha value is -3.16. The van der Waals surface area contributed by atoms with Gasteiger partial charge in [-0.15, -0.1) is 0 Å². The van der Waals surface area contributed by atoms with Crippen LogP contribution in [-0.4, -0.2) is 45.7 Å². The van der Waals surface area contributed by atoms with E-state index in [0.29, 0.717) is 17.8 Å². The van der Waals surface area contributed by atoms with Crippen LogP contribution in [0.5, 0.6) is 0 Å². The van der Waals surface area contributed by atoms with E-state index < -0.39 is 11.7 Å². The highest BCUT2D eigenvalue weighted by Crippen LogP contribution is 2.36. The summed E-state index contributed by atoms with van der Waals surface area (Å²) in [6.45, 7) is 12.4. The van der Waals surface area contributed by atoms with E-state index in [1.54, 1.807) is 4.57 Å². The predicted molar refractivity (Wildman–Crippen MR) is 168 cm³/mol. The molecule has 2 aromatic carbocycles. The zero-order chi connectivity index (χ0) is 29.5. The number of carbonyl (C=O) groups is 2. The largest absolute Gasteiger partial charge is 0.443 e. The van der Waals surface area contributed by atoms with Crippen LogP contribution in [0.3, 0.4) is 0 Å². The van der Waals surface area contributed by atoms with E-state index in [2.05, 4.69) is 52.8 Å². The van der Waals surface area contributed by atoms with Gasteiger partial charge < -0.3 is 15.4 Å². The van der Waals surface area contributed by atoms with Crippen molar-refractivity contribution < 1.29 is 14.3 Å². The van der Waals surface area contributed by atoms with E-state index in [-0.39, 0.29) is 11.4 Å². The minimum atomic E-state index is -0.653. The Labute approximate surface area is 250 Å². The lowest BCUT2D eigenvalue weighted by molar-refractivity contribution is 0.0547. The van der Waals surface area contributed by atoms with Crippen molar-refractivity contribution in [1.82, 2.24) is 20.1 Å². The first-order chi connectivity index (χ1) is 20.1. The van der Waals surface area contributed by atoms with Crippen LogP contribution in [-0.2, 0) is 24.4 Å². The topological polar surface area (TPSA) is 75.6 Å². The molecule has 42 heavy (non-hydrogen) atoms. The lowest BCUT2D eigenvalue weighted by Crippen LogP contribution is -2.43. The first kappa shape index (κ1) is 28.9. The summed E-state index contributed by atoms with van der Waals surface area (Å²) in [6, 6.07) is 12.7. The van der Waals surface area contributed by atoms with E-state index in [1.807, 2.05) is 26.8 Å². The van der Waals surface area contributed by atoms with Gasteiger partial charge in [-0.1, -0.05) is 37.8 Å². The number of hydrogen-bond acceptors (Lipinski definition) is 5. The molecular weight excluding hydrogens is 524 g/mol. The van der Waals surface area contributed by atoms with E-state index in [9.17, 15) is 9.59 Å². The molecule has 0 radical (unpaired) electrons. The third-order valence-electron chi connectivity index (χ3n) is 9.20. The average Bonchev–Trinajstić information content (AvgIpc) is 3.52. The first-order valence-electron chi connectivity index (χ1n) is 15.9. The molecule has 3 heterocycles. The molecule has 7 nitrogen and oxygen atoms in total. The van der Waals surface area contributed by atoms with Crippen LogP contribution in [0.2, 0.25) is 0 Å². The smallest absolute Gasteiger partial charge is 0.419 e. The number of rotatable bonds is 6. The molecule has 0 atom stereocenters. The van der Waals surface area contributed by atoms with Crippen LogP contribution >= 0.6 is 0 Å². The third-order valence-corrected chi connectivity index (χ3v) is 9.20. The number of carbonyl (C=O) groups excluding carboxylic acids is 2. The van der Waals surface area contributed by atoms with E-state index in [4.69, 9.17) is 4.74 Å². The minimum absolute atomic E-state index is 0.0921. The molecular formula is C35H46N4O3. The van der Waals surface area contributed by atoms with Gasteiger partial charge in [0.15, 0.2) is 0 Å². The van der Waals surface area contributed by atoms with Gasteiger partial charge in [0.05, 0.1) is 16.8 Å². The molecule has 1 saturated carbocycles. The standard InChI is InChI=1S/C35H46N4O3/c1-34(2,3)42-33(41)39-29-12-11-24(23-38-15-9-6-10-16-38)17-26(29)20-30(39)28-19-25(18-27-22-36-32(40)31(27)28)21-37-35(4)13-7-5-8-14-35/h11-12,17-20,37H,5-10,13-16,21-23H2,1-4H3,(H,36,40). The van der Waals surface area contributed by atoms with Gasteiger partial charge in [0.25, 0.3) is 5.91 Å². The van der Waals surface area contributed by atoms with Gasteiger partial charge in [0.1, 0.15) is 5.60 Å². The molecule has 0 bridgehead atoms. The zero-order valence-electron chi connectivity index (χ0n) is 25.8. The number of aromatic nitrogens is 1. The van der Waals surface area contributed by atoms with E-state index in [1.165, 1.54) is 56.9 Å². The fraction of sp³-hybridized carbons (Fsp3) is 0.543. The fourth-order valence-electron chi connectivity index (χ4n) is 7.01. The summed E-state index contributed by atoms with van der Waals surface area (Å²) in [7, 11) is 0. The highest BCUT2D eigenvalue weighted by atomic mass is 16.6. The Morgan fingerprint density at radius 1 is 0.976 bits per heavy atom. The van der Waals surface area contributed by atoms with Crippen molar-refractivity contribution in [3.05, 3.63) is 58.7 Å². The molecule has 2 fully saturated rings. The lowest BCUT2D eigenvalue weighted by Gasteiger charge is -2.35. The van der Waals surface area contributed by atoms with Gasteiger partial charge >= 0.3 is 6.09 Å². The maximum Gasteiger partial charge on any atom is 0.419 e. The third kappa shape index (κ3) is 6.13. The summed E-state index contributed by atoms with van der Waals surface area (Å²) in [5.74, 6) is -0.0921. The number of ether oxygens (including phenoxy) is 1. The molecule has 1 aromatic heterocycles. The molecule has 2 aliphatic heterocycles. The Bertz CT molecular complexity index is 1490. The van der Waals surface area contributed by atoms with Gasteiger partial charge in [-0.2, -0.15) is 0 Å². The average molecular weight is 571 g/mol. The number of hydrogen-bond donors (Lipinski definition) is 2. The Morgan fingerprint density at radius 3 is 2.45 bits per heavy atom. The minimum Gasteiger partial charge on any atom is -0.443 e. The van der Waals surface area contributed by atoms with Gasteiger partial charge in [0, 0.05) is 36.1 Å². The van der Waals surface area contributed by atoms with Crippen LogP contribution < -0.4 is 10.6 Å². The second-order valence-corrected chi connectivity index (χ2v) is 13.9. The molecule has 3 aromatic rings. The number of likely N-dealkylation sites (tertiary alicyclic amines) is 1. The van der Waals surface area contributed by atoms with Crippen molar-refractivity contribution in [3.63, 3.8) is 0 Å². The van der Waals surface area contributed by atoms with Crippen molar-refractivity contribution in [2.75, 3.05) is 13.1 Å². The molecule has 7 heteroatoms. The number of benzene rings is 2. The Balaban J connectivity index is 1.43. The zero-order valence-corrected chi connectivity index (χ0v) is 25.8. The highest BCUT2D eigenvalue weighted by Gasteiger charge is 2.30. The fourth-order valence-corrected chi connectivity index (χ4v) is 7.01. The summed E-state index contributed by atoms with van der Waals surface area (Å²) < 4.78 is 7.60. The molecule has 1 aliphatic carbocycles. The second kappa shape index (κ2) is 11.5. The molecule has 0 spiro atoms.